The maximum atomic E-state index is 12.4. The predicted molar refractivity (Wildman–Crippen MR) is 103 cm³/mol. The van der Waals surface area contributed by atoms with Gasteiger partial charge in [0, 0.05) is 18.3 Å². The van der Waals surface area contributed by atoms with Crippen molar-refractivity contribution < 1.29 is 9.39 Å². The van der Waals surface area contributed by atoms with Crippen molar-refractivity contribution in [3.63, 3.8) is 0 Å². The number of hydrogen-bond acceptors (Lipinski definition) is 6. The summed E-state index contributed by atoms with van der Waals surface area (Å²) in [6, 6.07) is 12.4. The van der Waals surface area contributed by atoms with Crippen LogP contribution in [0.15, 0.2) is 82.4 Å². The highest BCUT2D eigenvalue weighted by Crippen LogP contribution is 2.30. The number of aliphatic imine (C=N–C) groups is 2. The first-order valence-corrected chi connectivity index (χ1v) is 8.36. The van der Waals surface area contributed by atoms with Crippen LogP contribution in [0, 0.1) is 0 Å². The number of nitrogens with two attached hydrogens (primary N) is 2. The molecule has 8 heteroatoms. The van der Waals surface area contributed by atoms with E-state index in [2.05, 4.69) is 20.3 Å². The first-order chi connectivity index (χ1) is 13.1. The summed E-state index contributed by atoms with van der Waals surface area (Å²) in [5, 5.41) is 2.75. The molecule has 0 fully saturated rings. The molecule has 2 aromatic rings. The van der Waals surface area contributed by atoms with Gasteiger partial charge in [-0.1, -0.05) is 6.07 Å². The lowest BCUT2D eigenvalue weighted by atomic mass is 10.1. The number of carbonyl (C=O) groups excluding carboxylic acids is 1. The molecule has 0 bridgehead atoms. The van der Waals surface area contributed by atoms with Crippen LogP contribution in [-0.4, -0.2) is 34.1 Å². The van der Waals surface area contributed by atoms with Gasteiger partial charge in [-0.3, -0.25) is 9.79 Å². The minimum atomic E-state index is -0.239. The van der Waals surface area contributed by atoms with E-state index in [0.717, 1.165) is 11.3 Å². The highest BCUT2D eigenvalue weighted by Gasteiger charge is 2.43. The van der Waals surface area contributed by atoms with Gasteiger partial charge in [-0.2, -0.15) is 10.8 Å². The van der Waals surface area contributed by atoms with Crippen LogP contribution in [0.2, 0.25) is 0 Å². The molecule has 4 rings (SSSR count). The van der Waals surface area contributed by atoms with Gasteiger partial charge in [-0.05, 0) is 36.4 Å². The molecule has 1 unspecified atom stereocenters. The summed E-state index contributed by atoms with van der Waals surface area (Å²) >= 11 is 0. The van der Waals surface area contributed by atoms with Crippen molar-refractivity contribution in [1.29, 1.82) is 0 Å². The van der Waals surface area contributed by atoms with Crippen LogP contribution in [0.4, 0.5) is 5.82 Å². The summed E-state index contributed by atoms with van der Waals surface area (Å²) in [5.41, 5.74) is 8.54. The van der Waals surface area contributed by atoms with Crippen molar-refractivity contribution in [2.75, 3.05) is 11.9 Å². The Balaban J connectivity index is 1.59. The maximum Gasteiger partial charge on any atom is 0.264 e. The number of amidine groups is 1. The Morgan fingerprint density at radius 2 is 1.96 bits per heavy atom. The normalized spacial score (nSPS) is 20.4. The number of fused-ring (bicyclic) bond motifs is 1. The van der Waals surface area contributed by atoms with Crippen LogP contribution in [0.5, 0.6) is 0 Å². The number of carbonyl (C=O) groups is 1. The van der Waals surface area contributed by atoms with Crippen LogP contribution in [0.3, 0.4) is 0 Å². The Labute approximate surface area is 155 Å². The molecule has 0 saturated carbocycles. The average molecular weight is 360 g/mol. The number of nitrogens with one attached hydrogen (secondary N) is 1. The molecule has 0 saturated heterocycles. The SMILES string of the molecule is NCC1=C2C=NC=C[N+]2(N)C(c2ccc(C(=O)Nc3ccccn3)cc2)=N1. The Bertz CT molecular complexity index is 1010. The molecule has 1 amide bonds. The van der Waals surface area contributed by atoms with E-state index in [1.165, 1.54) is 0 Å². The van der Waals surface area contributed by atoms with Crippen LogP contribution < -0.4 is 16.9 Å². The Morgan fingerprint density at radius 3 is 2.67 bits per heavy atom. The lowest BCUT2D eigenvalue weighted by Gasteiger charge is -2.26. The molecule has 0 aliphatic carbocycles. The molecule has 8 nitrogen and oxygen atoms in total. The van der Waals surface area contributed by atoms with Crippen LogP contribution in [0.1, 0.15) is 15.9 Å². The second-order valence-corrected chi connectivity index (χ2v) is 6.07. The minimum absolute atomic E-state index is 0.0878. The average Bonchev–Trinajstić information content (AvgIpc) is 3.01. The van der Waals surface area contributed by atoms with Crippen molar-refractivity contribution in [3.05, 3.63) is 83.6 Å². The number of rotatable bonds is 4. The van der Waals surface area contributed by atoms with Gasteiger partial charge in [0.25, 0.3) is 11.7 Å². The molecule has 1 atom stereocenters. The largest absolute Gasteiger partial charge is 0.325 e. The highest BCUT2D eigenvalue weighted by atomic mass is 16.1. The summed E-state index contributed by atoms with van der Waals surface area (Å²) in [6.45, 7) is 0.264. The number of amides is 1. The van der Waals surface area contributed by atoms with Gasteiger partial charge in [0.2, 0.25) is 5.70 Å². The fraction of sp³-hybridized carbons (Fsp3) is 0.0526. The van der Waals surface area contributed by atoms with Crippen molar-refractivity contribution in [2.45, 2.75) is 0 Å². The van der Waals surface area contributed by atoms with E-state index in [9.17, 15) is 4.79 Å². The number of allylic oxidation sites excluding steroid dienone is 1. The molecule has 2 aliphatic heterocycles. The first kappa shape index (κ1) is 17.0. The molecule has 27 heavy (non-hydrogen) atoms. The van der Waals surface area contributed by atoms with Crippen molar-refractivity contribution in [2.24, 2.45) is 21.6 Å². The number of quaternary nitrogens is 1. The minimum Gasteiger partial charge on any atom is -0.325 e. The van der Waals surface area contributed by atoms with Crippen LogP contribution >= 0.6 is 0 Å². The second kappa shape index (κ2) is 6.69. The van der Waals surface area contributed by atoms with E-state index in [-0.39, 0.29) is 17.0 Å². The standard InChI is InChI=1S/C19H17N7O/c20-11-15-16-12-22-9-10-26(16,21)18(24-15)13-4-6-14(7-5-13)19(27)25-17-3-1-2-8-23-17/h1-10,12H,11,20-21H2/p+1. The van der Waals surface area contributed by atoms with Gasteiger partial charge in [0.15, 0.2) is 0 Å². The predicted octanol–water partition coefficient (Wildman–Crippen LogP) is 1.51. The molecule has 2 aliphatic rings. The first-order valence-electron chi connectivity index (χ1n) is 8.36. The number of benzene rings is 1. The topological polar surface area (TPSA) is 119 Å². The zero-order chi connectivity index (χ0) is 18.9. The molecule has 1 aromatic heterocycles. The molecular formula is C19H18N7O+. The lowest BCUT2D eigenvalue weighted by molar-refractivity contribution is -0.750. The molecule has 3 heterocycles. The third-order valence-corrected chi connectivity index (χ3v) is 4.38. The van der Waals surface area contributed by atoms with E-state index in [1.54, 1.807) is 49.1 Å². The molecular weight excluding hydrogens is 342 g/mol. The fourth-order valence-electron chi connectivity index (χ4n) is 3.00. The number of anilines is 1. The number of hydrogen-bond donors (Lipinski definition) is 3. The van der Waals surface area contributed by atoms with Gasteiger partial charge in [-0.15, -0.1) is 4.59 Å². The molecule has 1 aromatic carbocycles. The molecule has 0 radical (unpaired) electrons. The van der Waals surface area contributed by atoms with E-state index in [4.69, 9.17) is 11.6 Å². The zero-order valence-electron chi connectivity index (χ0n) is 14.4. The molecule has 134 valence electrons. The number of pyridine rings is 1. The molecule has 5 N–H and O–H groups in total. The van der Waals surface area contributed by atoms with Crippen LogP contribution in [0.25, 0.3) is 0 Å². The van der Waals surface area contributed by atoms with Crippen molar-refractivity contribution in [3.8, 4) is 0 Å². The summed E-state index contributed by atoms with van der Waals surface area (Å²) < 4.78 is -0.0878. The smallest absolute Gasteiger partial charge is 0.264 e. The quantitative estimate of drug-likeness (QED) is 0.565. The van der Waals surface area contributed by atoms with Gasteiger partial charge >= 0.3 is 0 Å². The van der Waals surface area contributed by atoms with E-state index in [0.29, 0.717) is 22.9 Å². The second-order valence-electron chi connectivity index (χ2n) is 6.07. The van der Waals surface area contributed by atoms with Crippen molar-refractivity contribution in [1.82, 2.24) is 4.98 Å². The summed E-state index contributed by atoms with van der Waals surface area (Å²) in [7, 11) is 0. The Morgan fingerprint density at radius 1 is 1.15 bits per heavy atom. The summed E-state index contributed by atoms with van der Waals surface area (Å²) in [4.78, 5) is 25.2. The summed E-state index contributed by atoms with van der Waals surface area (Å²) in [6.07, 6.45) is 6.68. The monoisotopic (exact) mass is 360 g/mol. The van der Waals surface area contributed by atoms with Gasteiger partial charge in [0.05, 0.1) is 18.0 Å². The van der Waals surface area contributed by atoms with Gasteiger partial charge in [0.1, 0.15) is 17.7 Å². The number of aromatic nitrogens is 1. The third kappa shape index (κ3) is 2.97. The van der Waals surface area contributed by atoms with Gasteiger partial charge < -0.3 is 11.1 Å². The zero-order valence-corrected chi connectivity index (χ0v) is 14.4. The van der Waals surface area contributed by atoms with E-state index >= 15 is 0 Å². The molecule has 0 spiro atoms. The van der Waals surface area contributed by atoms with E-state index in [1.807, 2.05) is 18.2 Å². The Hall–Kier alpha value is -3.46. The van der Waals surface area contributed by atoms with Gasteiger partial charge in [-0.25, -0.2) is 4.98 Å². The van der Waals surface area contributed by atoms with Crippen LogP contribution in [-0.2, 0) is 0 Å². The number of nitrogens with zero attached hydrogens (tertiary/aromatic N) is 4. The van der Waals surface area contributed by atoms with Crippen molar-refractivity contribution >= 4 is 23.8 Å². The maximum absolute atomic E-state index is 12.4. The Kier molecular flexibility index (Phi) is 4.21. The lowest BCUT2D eigenvalue weighted by Crippen LogP contribution is -2.53. The fourth-order valence-corrected chi connectivity index (χ4v) is 3.00. The summed E-state index contributed by atoms with van der Waals surface area (Å²) in [5.74, 6) is 7.42. The third-order valence-electron chi connectivity index (χ3n) is 4.38. The highest BCUT2D eigenvalue weighted by molar-refractivity contribution is 6.05. The van der Waals surface area contributed by atoms with E-state index < -0.39 is 0 Å².